The Morgan fingerprint density at radius 2 is 1.83 bits per heavy atom. The van der Waals surface area contributed by atoms with Crippen molar-refractivity contribution in [2.24, 2.45) is 0 Å². The lowest BCUT2D eigenvalue weighted by molar-refractivity contribution is 0.0927. The van der Waals surface area contributed by atoms with E-state index in [2.05, 4.69) is 5.32 Å². The Labute approximate surface area is 137 Å². The number of carbonyl (C=O) groups excluding carboxylic acids is 1. The van der Waals surface area contributed by atoms with Crippen molar-refractivity contribution in [3.8, 4) is 5.75 Å². The zero-order chi connectivity index (χ0) is 17.3. The second-order valence-corrected chi connectivity index (χ2v) is 5.32. The van der Waals surface area contributed by atoms with E-state index in [-0.39, 0.29) is 0 Å². The highest BCUT2D eigenvalue weighted by molar-refractivity contribution is 5.95. The fourth-order valence-electron chi connectivity index (χ4n) is 2.49. The summed E-state index contributed by atoms with van der Waals surface area (Å²) in [5.41, 5.74) is -0.0637. The van der Waals surface area contributed by atoms with Gasteiger partial charge in [-0.15, -0.1) is 0 Å². The molecule has 0 aliphatic rings. The standard InChI is InChI=1S/C18H15F2NO3/c1-10(21-18(22)16-12(19)6-4-7-13(16)20)15-9-11-5-3-8-14(23-2)17(11)24-15/h3-10H,1-2H3,(H,21,22)/t10-/m1/s1. The maximum Gasteiger partial charge on any atom is 0.257 e. The molecule has 4 nitrogen and oxygen atoms in total. The molecule has 6 heteroatoms. The van der Waals surface area contributed by atoms with E-state index in [0.717, 1.165) is 17.5 Å². The van der Waals surface area contributed by atoms with Gasteiger partial charge in [-0.1, -0.05) is 18.2 Å². The van der Waals surface area contributed by atoms with Crippen LogP contribution in [0.2, 0.25) is 0 Å². The minimum atomic E-state index is -0.911. The number of halogens is 2. The van der Waals surface area contributed by atoms with Crippen molar-refractivity contribution in [1.82, 2.24) is 5.32 Å². The second-order valence-electron chi connectivity index (χ2n) is 5.32. The molecule has 0 aliphatic heterocycles. The third-order valence-corrected chi connectivity index (χ3v) is 3.71. The van der Waals surface area contributed by atoms with Crippen molar-refractivity contribution in [3.05, 3.63) is 65.4 Å². The number of carbonyl (C=O) groups is 1. The first-order valence-corrected chi connectivity index (χ1v) is 7.32. The normalized spacial score (nSPS) is 12.2. The molecule has 0 saturated heterocycles. The molecule has 0 bridgehead atoms. The topological polar surface area (TPSA) is 51.5 Å². The van der Waals surface area contributed by atoms with Crippen LogP contribution >= 0.6 is 0 Å². The molecule has 0 fully saturated rings. The van der Waals surface area contributed by atoms with Crippen molar-refractivity contribution in [2.45, 2.75) is 13.0 Å². The molecule has 2 aromatic carbocycles. The number of fused-ring (bicyclic) bond motifs is 1. The highest BCUT2D eigenvalue weighted by atomic mass is 19.1. The smallest absolute Gasteiger partial charge is 0.257 e. The van der Waals surface area contributed by atoms with Crippen molar-refractivity contribution in [3.63, 3.8) is 0 Å². The molecule has 0 radical (unpaired) electrons. The van der Waals surface area contributed by atoms with Crippen molar-refractivity contribution in [1.29, 1.82) is 0 Å². The predicted molar refractivity (Wildman–Crippen MR) is 85.0 cm³/mol. The third kappa shape index (κ3) is 2.82. The molecule has 1 atom stereocenters. The summed E-state index contributed by atoms with van der Waals surface area (Å²) in [4.78, 5) is 12.2. The average Bonchev–Trinajstić information content (AvgIpc) is 2.98. The van der Waals surface area contributed by atoms with Crippen molar-refractivity contribution in [2.75, 3.05) is 7.11 Å². The first kappa shape index (κ1) is 16.0. The number of rotatable bonds is 4. The average molecular weight is 331 g/mol. The minimum Gasteiger partial charge on any atom is -0.493 e. The molecular formula is C18H15F2NO3. The van der Waals surface area contributed by atoms with E-state index in [1.165, 1.54) is 13.2 Å². The van der Waals surface area contributed by atoms with Crippen LogP contribution in [0.15, 0.2) is 46.9 Å². The summed E-state index contributed by atoms with van der Waals surface area (Å²) in [5.74, 6) is -1.64. The molecule has 3 aromatic rings. The minimum absolute atomic E-state index is 0.458. The molecule has 1 aromatic heterocycles. The molecule has 1 amide bonds. The lowest BCUT2D eigenvalue weighted by Gasteiger charge is -2.12. The Hall–Kier alpha value is -2.89. The number of nitrogens with one attached hydrogen (secondary N) is 1. The van der Waals surface area contributed by atoms with Gasteiger partial charge in [0.25, 0.3) is 5.91 Å². The fourth-order valence-corrected chi connectivity index (χ4v) is 2.49. The van der Waals surface area contributed by atoms with Gasteiger partial charge in [-0.3, -0.25) is 4.79 Å². The lowest BCUT2D eigenvalue weighted by atomic mass is 10.1. The molecule has 0 saturated carbocycles. The molecule has 1 heterocycles. The number of amides is 1. The van der Waals surface area contributed by atoms with Crippen LogP contribution < -0.4 is 10.1 Å². The van der Waals surface area contributed by atoms with Crippen LogP contribution in [0.3, 0.4) is 0 Å². The van der Waals surface area contributed by atoms with Crippen LogP contribution in [0.25, 0.3) is 11.0 Å². The number of hydrogen-bond acceptors (Lipinski definition) is 3. The summed E-state index contributed by atoms with van der Waals surface area (Å²) in [6.45, 7) is 1.67. The SMILES string of the molecule is COc1cccc2cc([C@@H](C)NC(=O)c3c(F)cccc3F)oc12. The van der Waals surface area contributed by atoms with Crippen LogP contribution in [0.5, 0.6) is 5.75 Å². The Bertz CT molecular complexity index is 884. The summed E-state index contributed by atoms with van der Waals surface area (Å²) >= 11 is 0. The van der Waals surface area contributed by atoms with Gasteiger partial charge in [0.2, 0.25) is 0 Å². The van der Waals surface area contributed by atoms with Gasteiger partial charge in [0, 0.05) is 5.39 Å². The summed E-state index contributed by atoms with van der Waals surface area (Å²) in [7, 11) is 1.53. The van der Waals surface area contributed by atoms with Crippen LogP contribution in [0.4, 0.5) is 8.78 Å². The maximum absolute atomic E-state index is 13.7. The monoisotopic (exact) mass is 331 g/mol. The van der Waals surface area contributed by atoms with Gasteiger partial charge in [-0.25, -0.2) is 8.78 Å². The Morgan fingerprint density at radius 3 is 2.50 bits per heavy atom. The highest BCUT2D eigenvalue weighted by Gasteiger charge is 2.21. The van der Waals surface area contributed by atoms with Crippen LogP contribution in [-0.2, 0) is 0 Å². The van der Waals surface area contributed by atoms with Gasteiger partial charge in [-0.2, -0.15) is 0 Å². The number of ether oxygens (including phenoxy) is 1. The van der Waals surface area contributed by atoms with E-state index in [1.54, 1.807) is 19.1 Å². The quantitative estimate of drug-likeness (QED) is 0.779. The Morgan fingerprint density at radius 1 is 1.17 bits per heavy atom. The fraction of sp³-hybridized carbons (Fsp3) is 0.167. The number of methoxy groups -OCH3 is 1. The van der Waals surface area contributed by atoms with E-state index < -0.39 is 29.1 Å². The van der Waals surface area contributed by atoms with Gasteiger partial charge >= 0.3 is 0 Å². The third-order valence-electron chi connectivity index (χ3n) is 3.71. The number of para-hydroxylation sites is 1. The summed E-state index contributed by atoms with van der Waals surface area (Å²) < 4.78 is 38.3. The van der Waals surface area contributed by atoms with E-state index in [4.69, 9.17) is 9.15 Å². The zero-order valence-corrected chi connectivity index (χ0v) is 13.1. The molecule has 1 N–H and O–H groups in total. The van der Waals surface area contributed by atoms with E-state index in [1.807, 2.05) is 12.1 Å². The van der Waals surface area contributed by atoms with Crippen molar-refractivity contribution < 1.29 is 22.7 Å². The summed E-state index contributed by atoms with van der Waals surface area (Å²) in [5, 5.41) is 3.35. The number of hydrogen-bond donors (Lipinski definition) is 1. The molecule has 3 rings (SSSR count). The predicted octanol–water partition coefficient (Wildman–Crippen LogP) is 4.21. The molecule has 0 unspecified atom stereocenters. The van der Waals surface area contributed by atoms with E-state index >= 15 is 0 Å². The maximum atomic E-state index is 13.7. The van der Waals surface area contributed by atoms with Crippen molar-refractivity contribution >= 4 is 16.9 Å². The van der Waals surface area contributed by atoms with Gasteiger partial charge in [0.05, 0.1) is 13.2 Å². The van der Waals surface area contributed by atoms with Crippen LogP contribution in [0, 0.1) is 11.6 Å². The van der Waals surface area contributed by atoms with Gasteiger partial charge in [-0.05, 0) is 31.2 Å². The Balaban J connectivity index is 1.87. The molecular weight excluding hydrogens is 316 g/mol. The molecule has 124 valence electrons. The highest BCUT2D eigenvalue weighted by Crippen LogP contribution is 2.31. The van der Waals surface area contributed by atoms with Gasteiger partial charge < -0.3 is 14.5 Å². The van der Waals surface area contributed by atoms with Crippen LogP contribution in [0.1, 0.15) is 29.1 Å². The molecule has 0 spiro atoms. The first-order valence-electron chi connectivity index (χ1n) is 7.32. The molecule has 24 heavy (non-hydrogen) atoms. The second kappa shape index (κ2) is 6.31. The van der Waals surface area contributed by atoms with Crippen LogP contribution in [-0.4, -0.2) is 13.0 Å². The summed E-state index contributed by atoms with van der Waals surface area (Å²) in [6.07, 6.45) is 0. The van der Waals surface area contributed by atoms with E-state index in [0.29, 0.717) is 17.1 Å². The summed E-state index contributed by atoms with van der Waals surface area (Å²) in [6, 6.07) is 9.87. The largest absolute Gasteiger partial charge is 0.493 e. The zero-order valence-electron chi connectivity index (χ0n) is 13.1. The van der Waals surface area contributed by atoms with E-state index in [9.17, 15) is 13.6 Å². The lowest BCUT2D eigenvalue weighted by Crippen LogP contribution is -2.28. The number of furan rings is 1. The number of benzene rings is 2. The van der Waals surface area contributed by atoms with Gasteiger partial charge in [0.1, 0.15) is 23.0 Å². The Kier molecular flexibility index (Phi) is 4.20. The first-order chi connectivity index (χ1) is 11.5. The molecule has 0 aliphatic carbocycles. The van der Waals surface area contributed by atoms with Gasteiger partial charge in [0.15, 0.2) is 11.3 Å².